The van der Waals surface area contributed by atoms with Crippen molar-refractivity contribution in [3.05, 3.63) is 24.5 Å². The van der Waals surface area contributed by atoms with Crippen LogP contribution in [0.4, 0.5) is 5.69 Å². The van der Waals surface area contributed by atoms with Crippen LogP contribution in [0, 0.1) is 0 Å². The van der Waals surface area contributed by atoms with Gasteiger partial charge >= 0.3 is 0 Å². The minimum atomic E-state index is -0.0574. The summed E-state index contributed by atoms with van der Waals surface area (Å²) in [6.07, 6.45) is 3.31. The van der Waals surface area contributed by atoms with E-state index in [9.17, 15) is 4.79 Å². The van der Waals surface area contributed by atoms with Gasteiger partial charge in [-0.25, -0.2) is 0 Å². The number of carbonyl (C=O) groups is 1. The number of likely N-dealkylation sites (N-methyl/N-ethyl adjacent to an activating group) is 1. The molecule has 0 saturated carbocycles. The van der Waals surface area contributed by atoms with Crippen molar-refractivity contribution in [1.29, 1.82) is 0 Å². The number of hydrogen-bond donors (Lipinski definition) is 0. The lowest BCUT2D eigenvalue weighted by Crippen LogP contribution is -2.30. The van der Waals surface area contributed by atoms with Gasteiger partial charge in [-0.15, -0.1) is 0 Å². The fourth-order valence-corrected chi connectivity index (χ4v) is 0.998. The molecule has 0 aliphatic rings. The van der Waals surface area contributed by atoms with Crippen molar-refractivity contribution < 1.29 is 9.53 Å². The molecule has 1 amide bonds. The third-order valence-electron chi connectivity index (χ3n) is 1.85. The summed E-state index contributed by atoms with van der Waals surface area (Å²) in [5.74, 6) is -0.0574. The van der Waals surface area contributed by atoms with E-state index in [1.807, 2.05) is 6.92 Å². The summed E-state index contributed by atoms with van der Waals surface area (Å²) < 4.78 is 5.03. The molecule has 0 aromatic carbocycles. The van der Waals surface area contributed by atoms with Crippen LogP contribution >= 0.6 is 0 Å². The molecule has 1 aromatic rings. The molecule has 4 nitrogen and oxygen atoms in total. The van der Waals surface area contributed by atoms with Crippen LogP contribution in [-0.4, -0.2) is 31.2 Å². The van der Waals surface area contributed by atoms with Gasteiger partial charge in [0.2, 0.25) is 0 Å². The lowest BCUT2D eigenvalue weighted by molar-refractivity contribution is -0.122. The normalized spacial score (nSPS) is 9.86. The minimum Gasteiger partial charge on any atom is -0.372 e. The maximum atomic E-state index is 11.5. The molecule has 0 aliphatic carbocycles. The Bertz CT molecular complexity index is 287. The number of aromatic nitrogens is 1. The van der Waals surface area contributed by atoms with Gasteiger partial charge in [0.1, 0.15) is 6.61 Å². The van der Waals surface area contributed by atoms with Crippen molar-refractivity contribution >= 4 is 11.6 Å². The van der Waals surface area contributed by atoms with Crippen LogP contribution in [0.25, 0.3) is 0 Å². The Kier molecular flexibility index (Phi) is 4.07. The predicted octanol–water partition coefficient (Wildman–Crippen LogP) is 1.08. The maximum absolute atomic E-state index is 11.5. The van der Waals surface area contributed by atoms with E-state index in [0.717, 1.165) is 5.69 Å². The molecule has 1 rings (SSSR count). The quantitative estimate of drug-likeness (QED) is 0.720. The van der Waals surface area contributed by atoms with Crippen molar-refractivity contribution in [1.82, 2.24) is 4.98 Å². The number of nitrogens with zero attached hydrogens (tertiary/aromatic N) is 2. The highest BCUT2D eigenvalue weighted by molar-refractivity contribution is 5.93. The van der Waals surface area contributed by atoms with Crippen molar-refractivity contribution in [3.8, 4) is 0 Å². The number of anilines is 1. The molecule has 1 aromatic heterocycles. The van der Waals surface area contributed by atoms with Gasteiger partial charge in [0, 0.05) is 31.7 Å². The third-order valence-corrected chi connectivity index (χ3v) is 1.85. The molecule has 0 N–H and O–H groups in total. The Morgan fingerprint density at radius 3 is 2.71 bits per heavy atom. The summed E-state index contributed by atoms with van der Waals surface area (Å²) in [4.78, 5) is 16.9. The Morgan fingerprint density at radius 2 is 2.14 bits per heavy atom. The van der Waals surface area contributed by atoms with Crippen molar-refractivity contribution in [2.45, 2.75) is 6.92 Å². The van der Waals surface area contributed by atoms with Gasteiger partial charge in [0.05, 0.1) is 0 Å². The molecule has 0 unspecified atom stereocenters. The van der Waals surface area contributed by atoms with Crippen molar-refractivity contribution in [3.63, 3.8) is 0 Å². The molecular formula is C10H14N2O2. The average Bonchev–Trinajstić information content (AvgIpc) is 2.26. The Labute approximate surface area is 83.5 Å². The summed E-state index contributed by atoms with van der Waals surface area (Å²) in [7, 11) is 1.72. The summed E-state index contributed by atoms with van der Waals surface area (Å²) in [5, 5.41) is 0. The van der Waals surface area contributed by atoms with Crippen LogP contribution in [0.1, 0.15) is 6.92 Å². The summed E-state index contributed by atoms with van der Waals surface area (Å²) >= 11 is 0. The van der Waals surface area contributed by atoms with Gasteiger partial charge in [0.15, 0.2) is 0 Å². The molecule has 4 heteroatoms. The molecule has 0 fully saturated rings. The maximum Gasteiger partial charge on any atom is 0.252 e. The van der Waals surface area contributed by atoms with Crippen LogP contribution < -0.4 is 4.90 Å². The van der Waals surface area contributed by atoms with Gasteiger partial charge in [-0.1, -0.05) is 0 Å². The molecule has 0 bridgehead atoms. The Hall–Kier alpha value is -1.42. The van der Waals surface area contributed by atoms with E-state index in [1.165, 1.54) is 0 Å². The molecule has 0 saturated heterocycles. The van der Waals surface area contributed by atoms with E-state index in [-0.39, 0.29) is 12.5 Å². The number of amides is 1. The van der Waals surface area contributed by atoms with Crippen LogP contribution in [0.15, 0.2) is 24.5 Å². The first kappa shape index (κ1) is 10.7. The van der Waals surface area contributed by atoms with Crippen LogP contribution in [0.3, 0.4) is 0 Å². The highest BCUT2D eigenvalue weighted by Gasteiger charge is 2.09. The van der Waals surface area contributed by atoms with Gasteiger partial charge in [0.25, 0.3) is 5.91 Å². The molecule has 0 aliphatic heterocycles. The zero-order chi connectivity index (χ0) is 10.4. The van der Waals surface area contributed by atoms with E-state index >= 15 is 0 Å². The minimum absolute atomic E-state index is 0.0574. The second-order valence-corrected chi connectivity index (χ2v) is 2.80. The highest BCUT2D eigenvalue weighted by atomic mass is 16.5. The zero-order valence-electron chi connectivity index (χ0n) is 8.43. The van der Waals surface area contributed by atoms with Gasteiger partial charge in [-0.2, -0.15) is 0 Å². The van der Waals surface area contributed by atoms with E-state index in [1.54, 1.807) is 36.5 Å². The fourth-order valence-electron chi connectivity index (χ4n) is 0.998. The highest BCUT2D eigenvalue weighted by Crippen LogP contribution is 2.09. The second kappa shape index (κ2) is 5.34. The first-order valence-electron chi connectivity index (χ1n) is 4.50. The van der Waals surface area contributed by atoms with Crippen LogP contribution in [-0.2, 0) is 9.53 Å². The first-order valence-corrected chi connectivity index (χ1v) is 4.50. The lowest BCUT2D eigenvalue weighted by Gasteiger charge is -2.16. The molecule has 76 valence electrons. The summed E-state index contributed by atoms with van der Waals surface area (Å²) in [6, 6.07) is 3.56. The molecule has 0 spiro atoms. The Morgan fingerprint density at radius 1 is 1.50 bits per heavy atom. The second-order valence-electron chi connectivity index (χ2n) is 2.80. The molecule has 0 radical (unpaired) electrons. The standard InChI is InChI=1S/C10H14N2O2/c1-3-14-8-10(13)12(2)9-4-6-11-7-5-9/h4-7H,3,8H2,1-2H3. The van der Waals surface area contributed by atoms with E-state index < -0.39 is 0 Å². The number of hydrogen-bond acceptors (Lipinski definition) is 3. The zero-order valence-corrected chi connectivity index (χ0v) is 8.43. The van der Waals surface area contributed by atoms with Crippen molar-refractivity contribution in [2.75, 3.05) is 25.2 Å². The average molecular weight is 194 g/mol. The fraction of sp³-hybridized carbons (Fsp3) is 0.400. The van der Waals surface area contributed by atoms with E-state index in [4.69, 9.17) is 4.74 Å². The SMILES string of the molecule is CCOCC(=O)N(C)c1ccncc1. The summed E-state index contributed by atoms with van der Waals surface area (Å²) in [5.41, 5.74) is 0.824. The molecule has 1 heterocycles. The van der Waals surface area contributed by atoms with Gasteiger partial charge < -0.3 is 9.64 Å². The Balaban J connectivity index is 2.57. The van der Waals surface area contributed by atoms with Crippen LogP contribution in [0.2, 0.25) is 0 Å². The van der Waals surface area contributed by atoms with E-state index in [2.05, 4.69) is 4.98 Å². The molecular weight excluding hydrogens is 180 g/mol. The lowest BCUT2D eigenvalue weighted by atomic mass is 10.3. The smallest absolute Gasteiger partial charge is 0.252 e. The number of pyridine rings is 1. The topological polar surface area (TPSA) is 42.4 Å². The largest absolute Gasteiger partial charge is 0.372 e. The monoisotopic (exact) mass is 194 g/mol. The summed E-state index contributed by atoms with van der Waals surface area (Å²) in [6.45, 7) is 2.53. The van der Waals surface area contributed by atoms with Gasteiger partial charge in [-0.3, -0.25) is 9.78 Å². The van der Waals surface area contributed by atoms with Gasteiger partial charge in [-0.05, 0) is 19.1 Å². The van der Waals surface area contributed by atoms with E-state index in [0.29, 0.717) is 6.61 Å². The number of rotatable bonds is 4. The van der Waals surface area contributed by atoms with Crippen LogP contribution in [0.5, 0.6) is 0 Å². The molecule has 0 atom stereocenters. The number of carbonyl (C=O) groups excluding carboxylic acids is 1. The van der Waals surface area contributed by atoms with Crippen molar-refractivity contribution in [2.24, 2.45) is 0 Å². The third kappa shape index (κ3) is 2.81. The number of ether oxygens (including phenoxy) is 1. The first-order chi connectivity index (χ1) is 6.75. The predicted molar refractivity (Wildman–Crippen MR) is 54.1 cm³/mol. The molecule has 14 heavy (non-hydrogen) atoms.